The fraction of sp³-hybridized carbons (Fsp3) is 0.933. The van der Waals surface area contributed by atoms with E-state index in [0.29, 0.717) is 12.1 Å². The Balaban J connectivity index is 2.41. The molecule has 4 nitrogen and oxygen atoms in total. The summed E-state index contributed by atoms with van der Waals surface area (Å²) in [5.74, 6) is 0.745. The zero-order valence-electron chi connectivity index (χ0n) is 13.2. The molecule has 0 aliphatic carbocycles. The van der Waals surface area contributed by atoms with Crippen LogP contribution in [0.5, 0.6) is 0 Å². The molecule has 0 aromatic heterocycles. The van der Waals surface area contributed by atoms with Gasteiger partial charge in [-0.2, -0.15) is 0 Å². The first-order chi connectivity index (χ1) is 9.02. The quantitative estimate of drug-likeness (QED) is 0.614. The molecule has 0 spiro atoms. The highest BCUT2D eigenvalue weighted by Gasteiger charge is 2.13. The third kappa shape index (κ3) is 5.81. The lowest BCUT2D eigenvalue weighted by Gasteiger charge is -2.30. The number of hydrogen-bond donors (Lipinski definition) is 1. The molecule has 4 heteroatoms. The van der Waals surface area contributed by atoms with Gasteiger partial charge in [0.1, 0.15) is 0 Å². The molecule has 0 unspecified atom stereocenters. The van der Waals surface area contributed by atoms with Crippen LogP contribution in [-0.2, 0) is 0 Å². The summed E-state index contributed by atoms with van der Waals surface area (Å²) in [6.45, 7) is 12.9. The molecule has 1 aliphatic rings. The summed E-state index contributed by atoms with van der Waals surface area (Å²) in [7, 11) is 0. The van der Waals surface area contributed by atoms with Gasteiger partial charge in [-0.3, -0.25) is 9.89 Å². The van der Waals surface area contributed by atoms with Crippen molar-refractivity contribution in [1.29, 1.82) is 0 Å². The zero-order valence-corrected chi connectivity index (χ0v) is 13.2. The molecule has 0 saturated carbocycles. The first-order valence-electron chi connectivity index (χ1n) is 7.83. The van der Waals surface area contributed by atoms with Crippen LogP contribution in [0.2, 0.25) is 0 Å². The number of likely N-dealkylation sites (tertiary alicyclic amines) is 1. The highest BCUT2D eigenvalue weighted by atomic mass is 15.3. The Bertz CT molecular complexity index is 257. The minimum atomic E-state index is 0.564. The third-order valence-electron chi connectivity index (χ3n) is 3.89. The molecule has 1 saturated heterocycles. The molecule has 1 fully saturated rings. The Labute approximate surface area is 119 Å². The molecule has 19 heavy (non-hydrogen) atoms. The highest BCUT2D eigenvalue weighted by Crippen LogP contribution is 2.09. The molecular formula is C15H32N4. The summed E-state index contributed by atoms with van der Waals surface area (Å²) in [6.07, 6.45) is 5.16. The van der Waals surface area contributed by atoms with Gasteiger partial charge in [-0.05, 0) is 40.5 Å². The van der Waals surface area contributed by atoms with E-state index < -0.39 is 0 Å². The largest absolute Gasteiger partial charge is 0.370 e. The molecule has 1 aliphatic heterocycles. The van der Waals surface area contributed by atoms with Gasteiger partial charge in [-0.25, -0.2) is 0 Å². The molecular weight excluding hydrogens is 236 g/mol. The molecule has 0 radical (unpaired) electrons. The van der Waals surface area contributed by atoms with Crippen LogP contribution in [0.1, 0.15) is 53.4 Å². The molecule has 0 aromatic rings. The number of guanidine groups is 1. The maximum absolute atomic E-state index is 6.11. The van der Waals surface area contributed by atoms with Crippen LogP contribution in [0.25, 0.3) is 0 Å². The Hall–Kier alpha value is -0.770. The van der Waals surface area contributed by atoms with E-state index in [1.165, 1.54) is 25.7 Å². The SMILES string of the molecule is CC(C)N(CCN=C(N)N1CCCCCC1)C(C)C. The van der Waals surface area contributed by atoms with Crippen molar-refractivity contribution >= 4 is 5.96 Å². The van der Waals surface area contributed by atoms with Crippen molar-refractivity contribution in [1.82, 2.24) is 9.80 Å². The van der Waals surface area contributed by atoms with Crippen molar-refractivity contribution in [3.63, 3.8) is 0 Å². The second kappa shape index (κ2) is 8.41. The molecule has 112 valence electrons. The van der Waals surface area contributed by atoms with Gasteiger partial charge < -0.3 is 10.6 Å². The van der Waals surface area contributed by atoms with Crippen molar-refractivity contribution in [2.75, 3.05) is 26.2 Å². The Morgan fingerprint density at radius 2 is 1.58 bits per heavy atom. The minimum absolute atomic E-state index is 0.564. The molecule has 0 amide bonds. The smallest absolute Gasteiger partial charge is 0.191 e. The lowest BCUT2D eigenvalue weighted by molar-refractivity contribution is 0.180. The number of nitrogens with two attached hydrogens (primary N) is 1. The van der Waals surface area contributed by atoms with Crippen LogP contribution < -0.4 is 5.73 Å². The van der Waals surface area contributed by atoms with E-state index in [9.17, 15) is 0 Å². The van der Waals surface area contributed by atoms with Gasteiger partial charge in [0.2, 0.25) is 0 Å². The van der Waals surface area contributed by atoms with Crippen molar-refractivity contribution in [3.05, 3.63) is 0 Å². The summed E-state index contributed by atoms with van der Waals surface area (Å²) in [4.78, 5) is 9.28. The lowest BCUT2D eigenvalue weighted by Crippen LogP contribution is -2.41. The van der Waals surface area contributed by atoms with Gasteiger partial charge in [-0.15, -0.1) is 0 Å². The normalized spacial score (nSPS) is 18.5. The van der Waals surface area contributed by atoms with E-state index in [0.717, 1.165) is 32.1 Å². The topological polar surface area (TPSA) is 44.9 Å². The predicted octanol–water partition coefficient (Wildman–Crippen LogP) is 2.30. The second-order valence-electron chi connectivity index (χ2n) is 6.07. The maximum atomic E-state index is 6.11. The highest BCUT2D eigenvalue weighted by molar-refractivity contribution is 5.78. The van der Waals surface area contributed by atoms with Crippen LogP contribution >= 0.6 is 0 Å². The Morgan fingerprint density at radius 3 is 2.05 bits per heavy atom. The number of rotatable bonds is 5. The third-order valence-corrected chi connectivity index (χ3v) is 3.89. The fourth-order valence-corrected chi connectivity index (χ4v) is 2.79. The van der Waals surface area contributed by atoms with Crippen LogP contribution in [0.3, 0.4) is 0 Å². The van der Waals surface area contributed by atoms with E-state index in [1.807, 2.05) is 0 Å². The van der Waals surface area contributed by atoms with Crippen molar-refractivity contribution in [2.24, 2.45) is 10.7 Å². The van der Waals surface area contributed by atoms with Crippen molar-refractivity contribution < 1.29 is 0 Å². The molecule has 0 bridgehead atoms. The van der Waals surface area contributed by atoms with E-state index >= 15 is 0 Å². The van der Waals surface area contributed by atoms with E-state index in [4.69, 9.17) is 5.73 Å². The number of nitrogens with zero attached hydrogens (tertiary/aromatic N) is 3. The van der Waals surface area contributed by atoms with E-state index in [1.54, 1.807) is 0 Å². The summed E-state index contributed by atoms with van der Waals surface area (Å²) < 4.78 is 0. The Morgan fingerprint density at radius 1 is 1.05 bits per heavy atom. The molecule has 0 aromatic carbocycles. The van der Waals surface area contributed by atoms with Gasteiger partial charge in [-0.1, -0.05) is 12.8 Å². The fourth-order valence-electron chi connectivity index (χ4n) is 2.79. The summed E-state index contributed by atoms with van der Waals surface area (Å²) in [5, 5.41) is 0. The Kier molecular flexibility index (Phi) is 7.21. The summed E-state index contributed by atoms with van der Waals surface area (Å²) >= 11 is 0. The van der Waals surface area contributed by atoms with Crippen molar-refractivity contribution in [2.45, 2.75) is 65.5 Å². The molecule has 0 atom stereocenters. The predicted molar refractivity (Wildman–Crippen MR) is 83.5 cm³/mol. The summed E-state index contributed by atoms with van der Waals surface area (Å²) in [6, 6.07) is 1.13. The standard InChI is InChI=1S/C15H32N4/c1-13(2)19(14(3)4)12-9-17-15(16)18-10-7-5-6-8-11-18/h13-14H,5-12H2,1-4H3,(H2,16,17). The average molecular weight is 268 g/mol. The summed E-state index contributed by atoms with van der Waals surface area (Å²) in [5.41, 5.74) is 6.11. The second-order valence-corrected chi connectivity index (χ2v) is 6.07. The van der Waals surface area contributed by atoms with Crippen LogP contribution in [0.15, 0.2) is 4.99 Å². The van der Waals surface area contributed by atoms with Gasteiger partial charge in [0.05, 0.1) is 6.54 Å². The van der Waals surface area contributed by atoms with Crippen LogP contribution in [-0.4, -0.2) is 54.0 Å². The molecule has 1 rings (SSSR count). The lowest BCUT2D eigenvalue weighted by atomic mass is 10.2. The maximum Gasteiger partial charge on any atom is 0.191 e. The van der Waals surface area contributed by atoms with Gasteiger partial charge in [0, 0.05) is 31.7 Å². The van der Waals surface area contributed by atoms with Crippen molar-refractivity contribution in [3.8, 4) is 0 Å². The van der Waals surface area contributed by atoms with Gasteiger partial charge in [0.15, 0.2) is 5.96 Å². The number of aliphatic imine (C=N–C) groups is 1. The minimum Gasteiger partial charge on any atom is -0.370 e. The van der Waals surface area contributed by atoms with E-state index in [-0.39, 0.29) is 0 Å². The van der Waals surface area contributed by atoms with Crippen LogP contribution in [0, 0.1) is 0 Å². The van der Waals surface area contributed by atoms with E-state index in [2.05, 4.69) is 42.5 Å². The monoisotopic (exact) mass is 268 g/mol. The first-order valence-corrected chi connectivity index (χ1v) is 7.83. The van der Waals surface area contributed by atoms with Gasteiger partial charge >= 0.3 is 0 Å². The molecule has 1 heterocycles. The van der Waals surface area contributed by atoms with Crippen LogP contribution in [0.4, 0.5) is 0 Å². The zero-order chi connectivity index (χ0) is 14.3. The number of hydrogen-bond acceptors (Lipinski definition) is 2. The average Bonchev–Trinajstić information content (AvgIpc) is 2.62. The molecule has 2 N–H and O–H groups in total. The van der Waals surface area contributed by atoms with Gasteiger partial charge in [0.25, 0.3) is 0 Å². The first kappa shape index (κ1) is 16.3.